The van der Waals surface area contributed by atoms with Gasteiger partial charge in [-0.15, -0.1) is 0 Å². The van der Waals surface area contributed by atoms with Gasteiger partial charge in [0.15, 0.2) is 5.82 Å². The number of furan rings is 1. The third-order valence-electron chi connectivity index (χ3n) is 13.2. The Balaban J connectivity index is 1.07. The van der Waals surface area contributed by atoms with Gasteiger partial charge in [-0.1, -0.05) is 194 Å². The molecule has 2 aliphatic carbocycles. The van der Waals surface area contributed by atoms with Crippen LogP contribution < -0.4 is 0 Å². The van der Waals surface area contributed by atoms with Crippen LogP contribution in [-0.2, 0) is 5.41 Å². The molecule has 1 spiro atoms. The molecule has 11 aromatic rings. The molecule has 9 aromatic carbocycles. The highest BCUT2D eigenvalue weighted by molar-refractivity contribution is 6.09. The second-order valence-corrected chi connectivity index (χ2v) is 16.4. The molecule has 0 amide bonds. The Hall–Kier alpha value is -8.14. The minimum absolute atomic E-state index is 0.546. The van der Waals surface area contributed by atoms with Gasteiger partial charge in [0.25, 0.3) is 0 Å². The molecule has 288 valence electrons. The minimum atomic E-state index is -0.546. The monoisotopic (exact) mass is 788 g/mol. The number of hydrogen-bond acceptors (Lipinski definition) is 3. The van der Waals surface area contributed by atoms with Crippen LogP contribution in [0.4, 0.5) is 0 Å². The molecule has 0 atom stereocenters. The number of fused-ring (bicyclic) bond motifs is 15. The van der Waals surface area contributed by atoms with Crippen molar-refractivity contribution in [3.63, 3.8) is 0 Å². The fraction of sp³-hybridized carbons (Fsp3) is 0.0169. The molecular weight excluding hydrogens is 753 g/mol. The number of aromatic nitrogens is 2. The Kier molecular flexibility index (Phi) is 7.52. The number of nitrogens with zero attached hydrogens (tertiary/aromatic N) is 2. The summed E-state index contributed by atoms with van der Waals surface area (Å²) in [6, 6.07) is 78.7. The second kappa shape index (κ2) is 13.4. The Morgan fingerprint density at radius 2 is 0.790 bits per heavy atom. The smallest absolute Gasteiger partial charge is 0.160 e. The first kappa shape index (κ1) is 34.7. The second-order valence-electron chi connectivity index (χ2n) is 16.4. The summed E-state index contributed by atoms with van der Waals surface area (Å²) in [5.74, 6) is 0.656. The molecular formula is C59H36N2O. The zero-order chi connectivity index (χ0) is 40.8. The summed E-state index contributed by atoms with van der Waals surface area (Å²) in [6.45, 7) is 0. The summed E-state index contributed by atoms with van der Waals surface area (Å²) < 4.78 is 6.60. The molecule has 0 bridgehead atoms. The van der Waals surface area contributed by atoms with Gasteiger partial charge in [0.1, 0.15) is 11.2 Å². The molecule has 0 aliphatic heterocycles. The van der Waals surface area contributed by atoms with E-state index in [9.17, 15) is 0 Å². The number of para-hydroxylation sites is 2. The zero-order valence-electron chi connectivity index (χ0n) is 33.6. The summed E-state index contributed by atoms with van der Waals surface area (Å²) in [5.41, 5.74) is 20.6. The van der Waals surface area contributed by atoms with Gasteiger partial charge in [0.2, 0.25) is 0 Å². The lowest BCUT2D eigenvalue weighted by molar-refractivity contribution is 0.670. The first-order chi connectivity index (χ1) is 30.7. The summed E-state index contributed by atoms with van der Waals surface area (Å²) in [4.78, 5) is 10.7. The zero-order valence-corrected chi connectivity index (χ0v) is 33.6. The van der Waals surface area contributed by atoms with Crippen molar-refractivity contribution < 1.29 is 4.42 Å². The van der Waals surface area contributed by atoms with Gasteiger partial charge in [0.05, 0.1) is 16.8 Å². The van der Waals surface area contributed by atoms with E-state index in [1.54, 1.807) is 0 Å². The lowest BCUT2D eigenvalue weighted by atomic mass is 9.66. The first-order valence-electron chi connectivity index (χ1n) is 21.2. The summed E-state index contributed by atoms with van der Waals surface area (Å²) in [7, 11) is 0. The molecule has 62 heavy (non-hydrogen) atoms. The third kappa shape index (κ3) is 5.00. The van der Waals surface area contributed by atoms with Gasteiger partial charge >= 0.3 is 0 Å². The van der Waals surface area contributed by atoms with Crippen LogP contribution in [-0.4, -0.2) is 9.97 Å². The number of benzene rings is 9. The minimum Gasteiger partial charge on any atom is -0.455 e. The highest BCUT2D eigenvalue weighted by atomic mass is 16.3. The van der Waals surface area contributed by atoms with Crippen molar-refractivity contribution in [2.45, 2.75) is 5.41 Å². The van der Waals surface area contributed by atoms with Crippen LogP contribution in [0.2, 0.25) is 0 Å². The molecule has 13 rings (SSSR count). The van der Waals surface area contributed by atoms with Gasteiger partial charge in [-0.3, -0.25) is 0 Å². The molecule has 0 unspecified atom stereocenters. The van der Waals surface area contributed by atoms with E-state index in [-0.39, 0.29) is 0 Å². The van der Waals surface area contributed by atoms with Gasteiger partial charge in [-0.2, -0.15) is 0 Å². The van der Waals surface area contributed by atoms with Gasteiger partial charge in [-0.05, 0) is 91.0 Å². The maximum atomic E-state index is 6.60. The van der Waals surface area contributed by atoms with E-state index in [0.29, 0.717) is 5.82 Å². The largest absolute Gasteiger partial charge is 0.455 e. The third-order valence-corrected chi connectivity index (χ3v) is 13.2. The van der Waals surface area contributed by atoms with Crippen molar-refractivity contribution in [3.8, 4) is 78.4 Å². The van der Waals surface area contributed by atoms with Crippen LogP contribution in [0.15, 0.2) is 223 Å². The molecule has 0 N–H and O–H groups in total. The molecule has 0 saturated heterocycles. The molecule has 3 heteroatoms. The standard InChI is InChI=1S/C59H36N2O/c1-2-15-37(16-3-1)38-29-31-39(32-30-38)58-60-54(36-55(61-58)48-24-14-23-47-46-22-9-13-28-56(46)62-57(47)48)40-33-34-53-49(35-40)42-18-5-4-17-41(42)43-19-6-10-25-50(43)59(53)51-26-11-7-20-44(51)45-21-8-12-27-52(45)59/h1-36H. The Bertz CT molecular complexity index is 3540. The van der Waals surface area contributed by atoms with Crippen molar-refractivity contribution in [2.75, 3.05) is 0 Å². The topological polar surface area (TPSA) is 38.9 Å². The Morgan fingerprint density at radius 1 is 0.306 bits per heavy atom. The highest BCUT2D eigenvalue weighted by Crippen LogP contribution is 2.61. The molecule has 0 saturated carbocycles. The normalized spacial score (nSPS) is 13.0. The van der Waals surface area contributed by atoms with E-state index in [0.717, 1.165) is 55.6 Å². The van der Waals surface area contributed by atoms with Crippen LogP contribution >= 0.6 is 0 Å². The summed E-state index contributed by atoms with van der Waals surface area (Å²) in [5, 5.41) is 2.15. The van der Waals surface area contributed by atoms with E-state index in [2.05, 4.69) is 200 Å². The van der Waals surface area contributed by atoms with E-state index >= 15 is 0 Å². The van der Waals surface area contributed by atoms with E-state index < -0.39 is 5.41 Å². The van der Waals surface area contributed by atoms with Gasteiger partial charge < -0.3 is 4.42 Å². The van der Waals surface area contributed by atoms with Gasteiger partial charge in [-0.25, -0.2) is 9.97 Å². The fourth-order valence-corrected chi connectivity index (χ4v) is 10.5. The van der Waals surface area contributed by atoms with Crippen molar-refractivity contribution in [1.29, 1.82) is 0 Å². The number of rotatable bonds is 4. The maximum absolute atomic E-state index is 6.60. The van der Waals surface area contributed by atoms with Crippen LogP contribution in [0.5, 0.6) is 0 Å². The summed E-state index contributed by atoms with van der Waals surface area (Å²) >= 11 is 0. The SMILES string of the molecule is c1ccc(-c2ccc(-c3nc(-c4ccc5c(c4)-c4ccccc4-c4ccccc4C54c5ccccc5-c5ccccc54)cc(-c4cccc5c4oc4ccccc45)n3)cc2)cc1. The molecule has 3 nitrogen and oxygen atoms in total. The average Bonchev–Trinajstić information content (AvgIpc) is 3.85. The number of hydrogen-bond donors (Lipinski definition) is 0. The predicted octanol–water partition coefficient (Wildman–Crippen LogP) is 15.1. The van der Waals surface area contributed by atoms with Crippen molar-refractivity contribution in [1.82, 2.24) is 9.97 Å². The fourth-order valence-electron chi connectivity index (χ4n) is 10.5. The van der Waals surface area contributed by atoms with Crippen LogP contribution in [0.1, 0.15) is 22.3 Å². The van der Waals surface area contributed by atoms with Crippen molar-refractivity contribution in [3.05, 3.63) is 241 Å². The van der Waals surface area contributed by atoms with E-state index in [1.165, 1.54) is 61.2 Å². The summed E-state index contributed by atoms with van der Waals surface area (Å²) in [6.07, 6.45) is 0. The van der Waals surface area contributed by atoms with Crippen LogP contribution in [0, 0.1) is 0 Å². The molecule has 2 aliphatic rings. The lowest BCUT2D eigenvalue weighted by Crippen LogP contribution is -2.29. The van der Waals surface area contributed by atoms with Crippen molar-refractivity contribution in [2.24, 2.45) is 0 Å². The maximum Gasteiger partial charge on any atom is 0.160 e. The highest BCUT2D eigenvalue weighted by Gasteiger charge is 2.49. The van der Waals surface area contributed by atoms with Crippen molar-refractivity contribution >= 4 is 21.9 Å². The van der Waals surface area contributed by atoms with Crippen LogP contribution in [0.25, 0.3) is 100 Å². The lowest BCUT2D eigenvalue weighted by Gasteiger charge is -2.35. The molecule has 0 radical (unpaired) electrons. The molecule has 0 fully saturated rings. The van der Waals surface area contributed by atoms with E-state index in [1.807, 2.05) is 18.2 Å². The molecule has 2 aromatic heterocycles. The molecule has 2 heterocycles. The first-order valence-corrected chi connectivity index (χ1v) is 21.2. The van der Waals surface area contributed by atoms with Crippen LogP contribution in [0.3, 0.4) is 0 Å². The van der Waals surface area contributed by atoms with Gasteiger partial charge in [0, 0.05) is 27.5 Å². The quantitative estimate of drug-likeness (QED) is 0.178. The van der Waals surface area contributed by atoms with E-state index in [4.69, 9.17) is 14.4 Å². The average molecular weight is 789 g/mol. The Morgan fingerprint density at radius 3 is 1.50 bits per heavy atom. The predicted molar refractivity (Wildman–Crippen MR) is 253 cm³/mol. The Labute approximate surface area is 359 Å².